The Labute approximate surface area is 156 Å². The number of halogens is 1. The lowest BCUT2D eigenvalue weighted by molar-refractivity contribution is -0.384. The predicted octanol–water partition coefficient (Wildman–Crippen LogP) is 6.30. The van der Waals surface area contributed by atoms with Crippen LogP contribution in [-0.2, 0) is 0 Å². The third-order valence-corrected chi connectivity index (χ3v) is 5.45. The fraction of sp³-hybridized carbons (Fsp3) is 0. The van der Waals surface area contributed by atoms with Crippen molar-refractivity contribution in [2.75, 3.05) is 0 Å². The normalized spacial score (nSPS) is 10.9. The van der Waals surface area contributed by atoms with Crippen LogP contribution in [0, 0.1) is 10.1 Å². The topological polar surface area (TPSA) is 56.0 Å². The maximum absolute atomic E-state index is 11.4. The van der Waals surface area contributed by atoms with Crippen molar-refractivity contribution in [2.24, 2.45) is 0 Å². The first-order chi connectivity index (χ1) is 12.1. The summed E-state index contributed by atoms with van der Waals surface area (Å²) in [7, 11) is 0. The number of fused-ring (bicyclic) bond motifs is 1. The maximum atomic E-state index is 11.4. The van der Waals surface area contributed by atoms with Crippen LogP contribution in [0.3, 0.4) is 0 Å². The van der Waals surface area contributed by atoms with E-state index in [1.165, 1.54) is 6.07 Å². The molecular formula is C19H11BrN2O2S. The van der Waals surface area contributed by atoms with Crippen LogP contribution in [0.25, 0.3) is 31.9 Å². The molecule has 3 aromatic carbocycles. The molecule has 4 aromatic rings. The lowest BCUT2D eigenvalue weighted by Crippen LogP contribution is -1.92. The van der Waals surface area contributed by atoms with E-state index in [1.807, 2.05) is 48.5 Å². The fourth-order valence-electron chi connectivity index (χ4n) is 2.75. The Balaban J connectivity index is 1.97. The van der Waals surface area contributed by atoms with E-state index >= 15 is 0 Å². The largest absolute Gasteiger partial charge is 0.277 e. The molecule has 0 aliphatic carbocycles. The first-order valence-corrected chi connectivity index (χ1v) is 9.14. The zero-order chi connectivity index (χ0) is 17.4. The van der Waals surface area contributed by atoms with Crippen LogP contribution in [0.1, 0.15) is 0 Å². The Morgan fingerprint density at radius 1 is 0.960 bits per heavy atom. The van der Waals surface area contributed by atoms with Crippen LogP contribution in [-0.4, -0.2) is 9.91 Å². The summed E-state index contributed by atoms with van der Waals surface area (Å²) in [5.74, 6) is 0. The van der Waals surface area contributed by atoms with Crippen molar-refractivity contribution < 1.29 is 4.92 Å². The van der Waals surface area contributed by atoms with Crippen molar-refractivity contribution in [3.8, 4) is 21.7 Å². The highest BCUT2D eigenvalue weighted by Gasteiger charge is 2.19. The zero-order valence-corrected chi connectivity index (χ0v) is 15.3. The first kappa shape index (κ1) is 15.9. The Bertz CT molecular complexity index is 1090. The van der Waals surface area contributed by atoms with E-state index in [1.54, 1.807) is 23.5 Å². The van der Waals surface area contributed by atoms with E-state index < -0.39 is 0 Å². The summed E-state index contributed by atoms with van der Waals surface area (Å²) < 4.78 is 1.80. The Kier molecular flexibility index (Phi) is 4.07. The van der Waals surface area contributed by atoms with Gasteiger partial charge in [0.1, 0.15) is 5.01 Å². The van der Waals surface area contributed by atoms with Gasteiger partial charge in [-0.3, -0.25) is 10.1 Å². The standard InChI is InChI=1S/C19H11BrN2O2S/c20-13-9-10-16(22(23)24)15(11-13)14-7-4-8-17-18(14)21-19(25-17)12-5-2-1-3-6-12/h1-11H. The van der Waals surface area contributed by atoms with Crippen molar-refractivity contribution in [3.05, 3.63) is 81.3 Å². The Hall–Kier alpha value is -2.57. The van der Waals surface area contributed by atoms with Gasteiger partial charge in [-0.05, 0) is 18.2 Å². The molecule has 25 heavy (non-hydrogen) atoms. The molecule has 6 heteroatoms. The van der Waals surface area contributed by atoms with Crippen LogP contribution in [0.15, 0.2) is 71.2 Å². The number of thiazole rings is 1. The van der Waals surface area contributed by atoms with E-state index in [2.05, 4.69) is 15.9 Å². The van der Waals surface area contributed by atoms with Crippen LogP contribution in [0.5, 0.6) is 0 Å². The SMILES string of the molecule is O=[N+]([O-])c1ccc(Br)cc1-c1cccc2sc(-c3ccccc3)nc12. The quantitative estimate of drug-likeness (QED) is 0.294. The highest BCUT2D eigenvalue weighted by Crippen LogP contribution is 2.39. The molecule has 4 nitrogen and oxygen atoms in total. The molecule has 0 saturated carbocycles. The van der Waals surface area contributed by atoms with E-state index in [0.29, 0.717) is 5.56 Å². The predicted molar refractivity (Wildman–Crippen MR) is 105 cm³/mol. The summed E-state index contributed by atoms with van der Waals surface area (Å²) in [6, 6.07) is 20.7. The molecule has 0 bridgehead atoms. The molecular weight excluding hydrogens is 400 g/mol. The monoisotopic (exact) mass is 410 g/mol. The smallest absolute Gasteiger partial charge is 0.258 e. The number of rotatable bonds is 3. The summed E-state index contributed by atoms with van der Waals surface area (Å²) in [4.78, 5) is 15.9. The average Bonchev–Trinajstić information content (AvgIpc) is 3.06. The van der Waals surface area contributed by atoms with Gasteiger partial charge in [0.25, 0.3) is 5.69 Å². The number of aromatic nitrogens is 1. The molecule has 0 aliphatic heterocycles. The number of hydrogen-bond acceptors (Lipinski definition) is 4. The van der Waals surface area contributed by atoms with Crippen molar-refractivity contribution >= 4 is 43.2 Å². The third-order valence-electron chi connectivity index (χ3n) is 3.89. The molecule has 0 radical (unpaired) electrons. The summed E-state index contributed by atoms with van der Waals surface area (Å²) in [6.07, 6.45) is 0. The van der Waals surface area contributed by atoms with Gasteiger partial charge in [-0.2, -0.15) is 0 Å². The van der Waals surface area contributed by atoms with E-state index in [0.717, 1.165) is 30.8 Å². The second kappa shape index (κ2) is 6.38. The van der Waals surface area contributed by atoms with Gasteiger partial charge in [0.2, 0.25) is 0 Å². The summed E-state index contributed by atoms with van der Waals surface area (Å²) >= 11 is 4.99. The van der Waals surface area contributed by atoms with E-state index in [9.17, 15) is 10.1 Å². The average molecular weight is 411 g/mol. The van der Waals surface area contributed by atoms with E-state index in [-0.39, 0.29) is 10.6 Å². The molecule has 0 atom stereocenters. The lowest BCUT2D eigenvalue weighted by Gasteiger charge is -2.05. The van der Waals surface area contributed by atoms with Gasteiger partial charge in [-0.1, -0.05) is 58.4 Å². The lowest BCUT2D eigenvalue weighted by atomic mass is 10.0. The van der Waals surface area contributed by atoms with Crippen LogP contribution in [0.4, 0.5) is 5.69 Å². The minimum Gasteiger partial charge on any atom is -0.258 e. The number of para-hydroxylation sites is 1. The van der Waals surface area contributed by atoms with Crippen LogP contribution < -0.4 is 0 Å². The highest BCUT2D eigenvalue weighted by atomic mass is 79.9. The molecule has 0 N–H and O–H groups in total. The number of nitrogens with zero attached hydrogens (tertiary/aromatic N) is 2. The van der Waals surface area contributed by atoms with Gasteiger partial charge in [-0.15, -0.1) is 11.3 Å². The van der Waals surface area contributed by atoms with Gasteiger partial charge in [0.15, 0.2) is 0 Å². The van der Waals surface area contributed by atoms with Gasteiger partial charge in [-0.25, -0.2) is 4.98 Å². The number of benzene rings is 3. The number of nitro groups is 1. The molecule has 4 rings (SSSR count). The van der Waals surface area contributed by atoms with Crippen molar-refractivity contribution in [2.45, 2.75) is 0 Å². The first-order valence-electron chi connectivity index (χ1n) is 7.53. The minimum absolute atomic E-state index is 0.0740. The minimum atomic E-state index is -0.356. The number of hydrogen-bond donors (Lipinski definition) is 0. The zero-order valence-electron chi connectivity index (χ0n) is 12.8. The Morgan fingerprint density at radius 3 is 2.52 bits per heavy atom. The van der Waals surface area contributed by atoms with Crippen molar-refractivity contribution in [1.29, 1.82) is 0 Å². The molecule has 0 saturated heterocycles. The Morgan fingerprint density at radius 2 is 1.76 bits per heavy atom. The van der Waals surface area contributed by atoms with Gasteiger partial charge < -0.3 is 0 Å². The molecule has 1 heterocycles. The summed E-state index contributed by atoms with van der Waals surface area (Å²) in [6.45, 7) is 0. The van der Waals surface area contributed by atoms with E-state index in [4.69, 9.17) is 4.98 Å². The molecule has 0 unspecified atom stereocenters. The highest BCUT2D eigenvalue weighted by molar-refractivity contribution is 9.10. The molecule has 0 aliphatic rings. The van der Waals surface area contributed by atoms with Crippen molar-refractivity contribution in [3.63, 3.8) is 0 Å². The molecule has 0 amide bonds. The van der Waals surface area contributed by atoms with Gasteiger partial charge >= 0.3 is 0 Å². The second-order valence-electron chi connectivity index (χ2n) is 5.46. The molecule has 122 valence electrons. The van der Waals surface area contributed by atoms with Gasteiger partial charge in [0.05, 0.1) is 20.7 Å². The van der Waals surface area contributed by atoms with Crippen LogP contribution >= 0.6 is 27.3 Å². The fourth-order valence-corrected chi connectivity index (χ4v) is 4.11. The summed E-state index contributed by atoms with van der Waals surface area (Å²) in [5.41, 5.74) is 3.23. The maximum Gasteiger partial charge on any atom is 0.277 e. The molecule has 0 spiro atoms. The second-order valence-corrected chi connectivity index (χ2v) is 7.40. The third kappa shape index (κ3) is 2.94. The molecule has 1 aromatic heterocycles. The number of nitro benzene ring substituents is 1. The van der Waals surface area contributed by atoms with Crippen molar-refractivity contribution in [1.82, 2.24) is 4.98 Å². The molecule has 0 fully saturated rings. The van der Waals surface area contributed by atoms with Crippen LogP contribution in [0.2, 0.25) is 0 Å². The summed E-state index contributed by atoms with van der Waals surface area (Å²) in [5, 5.41) is 12.3. The van der Waals surface area contributed by atoms with Gasteiger partial charge in [0, 0.05) is 21.7 Å².